The van der Waals surface area contributed by atoms with Crippen LogP contribution in [0.2, 0.25) is 0 Å². The number of rotatable bonds is 2. The highest BCUT2D eigenvalue weighted by Gasteiger charge is 2.35. The van der Waals surface area contributed by atoms with Gasteiger partial charge < -0.3 is 10.2 Å². The van der Waals surface area contributed by atoms with E-state index in [9.17, 15) is 19.8 Å². The van der Waals surface area contributed by atoms with Crippen LogP contribution in [0.4, 0.5) is 0 Å². The lowest BCUT2D eigenvalue weighted by molar-refractivity contribution is 0.0974. The number of hydrogen-bond donors (Lipinski definition) is 2. The van der Waals surface area contributed by atoms with E-state index in [0.717, 1.165) is 6.42 Å². The van der Waals surface area contributed by atoms with E-state index < -0.39 is 11.6 Å². The molecule has 0 heterocycles. The second-order valence-electron chi connectivity index (χ2n) is 5.11. The van der Waals surface area contributed by atoms with E-state index in [1.807, 2.05) is 6.92 Å². The van der Waals surface area contributed by atoms with Crippen molar-refractivity contribution in [3.63, 3.8) is 0 Å². The number of hydrogen-bond acceptors (Lipinski definition) is 4. The Hall–Kier alpha value is -2.62. The summed E-state index contributed by atoms with van der Waals surface area (Å²) in [6, 6.07) is 7.81. The fourth-order valence-corrected chi connectivity index (χ4v) is 2.77. The summed E-state index contributed by atoms with van der Waals surface area (Å²) in [5.41, 5.74) is 0.818. The molecule has 3 rings (SSSR count). The van der Waals surface area contributed by atoms with Crippen LogP contribution < -0.4 is 0 Å². The quantitative estimate of drug-likeness (QED) is 0.709. The molecular formula is C17H14O4. The molecule has 4 heteroatoms. The first kappa shape index (κ1) is 13.4. The summed E-state index contributed by atoms with van der Waals surface area (Å²) in [7, 11) is 0. The summed E-state index contributed by atoms with van der Waals surface area (Å²) in [4.78, 5) is 25.0. The van der Waals surface area contributed by atoms with Gasteiger partial charge in [0.15, 0.2) is 11.6 Å². The van der Waals surface area contributed by atoms with Crippen LogP contribution in [0.3, 0.4) is 0 Å². The summed E-state index contributed by atoms with van der Waals surface area (Å²) in [6.45, 7) is 1.93. The van der Waals surface area contributed by atoms with E-state index in [4.69, 9.17) is 0 Å². The molecule has 4 nitrogen and oxygen atoms in total. The van der Waals surface area contributed by atoms with Crippen LogP contribution in [0.25, 0.3) is 0 Å². The highest BCUT2D eigenvalue weighted by atomic mass is 16.3. The average molecular weight is 282 g/mol. The Labute approximate surface area is 121 Å². The van der Waals surface area contributed by atoms with Crippen molar-refractivity contribution in [2.45, 2.75) is 19.8 Å². The number of benzene rings is 2. The number of aromatic hydroxyl groups is 2. The molecule has 0 unspecified atom stereocenters. The zero-order valence-electron chi connectivity index (χ0n) is 11.5. The van der Waals surface area contributed by atoms with Crippen LogP contribution in [0.5, 0.6) is 11.5 Å². The van der Waals surface area contributed by atoms with Crippen LogP contribution >= 0.6 is 0 Å². The van der Waals surface area contributed by atoms with Gasteiger partial charge in [0.05, 0.1) is 11.1 Å². The Morgan fingerprint density at radius 1 is 0.952 bits per heavy atom. The van der Waals surface area contributed by atoms with Crippen LogP contribution in [-0.4, -0.2) is 21.8 Å². The molecule has 0 radical (unpaired) electrons. The van der Waals surface area contributed by atoms with Crippen LogP contribution in [0, 0.1) is 0 Å². The SMILES string of the molecule is CCCc1cc(O)c2c(c1O)C(=O)c1ccccc1C2=O. The Morgan fingerprint density at radius 2 is 1.52 bits per heavy atom. The van der Waals surface area contributed by atoms with E-state index in [2.05, 4.69) is 0 Å². The minimum absolute atomic E-state index is 0.0813. The van der Waals surface area contributed by atoms with Gasteiger partial charge in [-0.3, -0.25) is 9.59 Å². The van der Waals surface area contributed by atoms with Gasteiger partial charge in [-0.25, -0.2) is 0 Å². The number of phenols is 2. The van der Waals surface area contributed by atoms with Crippen molar-refractivity contribution in [2.24, 2.45) is 0 Å². The second kappa shape index (κ2) is 4.74. The van der Waals surface area contributed by atoms with E-state index in [-0.39, 0.29) is 33.8 Å². The molecule has 2 aromatic carbocycles. The van der Waals surface area contributed by atoms with Gasteiger partial charge in [-0.15, -0.1) is 0 Å². The third-order valence-corrected chi connectivity index (χ3v) is 3.75. The van der Waals surface area contributed by atoms with E-state index in [1.54, 1.807) is 24.3 Å². The lowest BCUT2D eigenvalue weighted by Crippen LogP contribution is -2.21. The number of fused-ring (bicyclic) bond motifs is 2. The molecule has 0 amide bonds. The van der Waals surface area contributed by atoms with Gasteiger partial charge in [-0.1, -0.05) is 37.6 Å². The van der Waals surface area contributed by atoms with Crippen molar-refractivity contribution < 1.29 is 19.8 Å². The minimum atomic E-state index is -0.434. The summed E-state index contributed by atoms with van der Waals surface area (Å²) in [6.07, 6.45) is 1.28. The first-order valence-electron chi connectivity index (χ1n) is 6.82. The third-order valence-electron chi connectivity index (χ3n) is 3.75. The molecule has 21 heavy (non-hydrogen) atoms. The summed E-state index contributed by atoms with van der Waals surface area (Å²) < 4.78 is 0. The number of phenolic OH excluding ortho intramolecular Hbond substituents is 2. The maximum absolute atomic E-state index is 12.6. The maximum Gasteiger partial charge on any atom is 0.198 e. The molecule has 0 fully saturated rings. The van der Waals surface area contributed by atoms with Gasteiger partial charge in [0, 0.05) is 11.1 Å². The average Bonchev–Trinajstić information content (AvgIpc) is 2.48. The Balaban J connectivity index is 2.32. The predicted molar refractivity (Wildman–Crippen MR) is 77.1 cm³/mol. The van der Waals surface area contributed by atoms with E-state index in [1.165, 1.54) is 6.07 Å². The van der Waals surface area contributed by atoms with Crippen molar-refractivity contribution in [1.82, 2.24) is 0 Å². The summed E-state index contributed by atoms with van der Waals surface area (Å²) in [5, 5.41) is 20.4. The fourth-order valence-electron chi connectivity index (χ4n) is 2.77. The van der Waals surface area contributed by atoms with Crippen molar-refractivity contribution in [2.75, 3.05) is 0 Å². The second-order valence-corrected chi connectivity index (χ2v) is 5.11. The molecule has 0 aliphatic heterocycles. The fraction of sp³-hybridized carbons (Fsp3) is 0.176. The standard InChI is InChI=1S/C17H14O4/c1-2-5-9-8-12(18)13-14(15(9)19)17(21)11-7-4-3-6-10(11)16(13)20/h3-4,6-8,18-19H,2,5H2,1H3. The third kappa shape index (κ3) is 1.83. The van der Waals surface area contributed by atoms with Gasteiger partial charge in [-0.2, -0.15) is 0 Å². The van der Waals surface area contributed by atoms with Crippen LogP contribution in [-0.2, 0) is 6.42 Å². The molecule has 1 aliphatic rings. The molecule has 0 saturated heterocycles. The highest BCUT2D eigenvalue weighted by molar-refractivity contribution is 6.30. The maximum atomic E-state index is 12.6. The van der Waals surface area contributed by atoms with E-state index in [0.29, 0.717) is 12.0 Å². The Bertz CT molecular complexity index is 775. The molecule has 0 atom stereocenters. The molecule has 2 N–H and O–H groups in total. The normalized spacial score (nSPS) is 13.0. The lowest BCUT2D eigenvalue weighted by atomic mass is 9.81. The molecule has 1 aliphatic carbocycles. The van der Waals surface area contributed by atoms with Crippen molar-refractivity contribution in [3.05, 3.63) is 58.1 Å². The number of ketones is 2. The number of aryl methyl sites for hydroxylation is 1. The first-order valence-corrected chi connectivity index (χ1v) is 6.82. The molecule has 2 aromatic rings. The molecule has 106 valence electrons. The largest absolute Gasteiger partial charge is 0.507 e. The van der Waals surface area contributed by atoms with Crippen molar-refractivity contribution in [3.8, 4) is 11.5 Å². The van der Waals surface area contributed by atoms with Crippen molar-refractivity contribution in [1.29, 1.82) is 0 Å². The molecule has 0 spiro atoms. The van der Waals surface area contributed by atoms with Gasteiger partial charge in [0.1, 0.15) is 11.5 Å². The molecule has 0 bridgehead atoms. The molecule has 0 saturated carbocycles. The first-order chi connectivity index (χ1) is 10.1. The molecule has 0 aromatic heterocycles. The van der Waals surface area contributed by atoms with Gasteiger partial charge in [0.25, 0.3) is 0 Å². The monoisotopic (exact) mass is 282 g/mol. The van der Waals surface area contributed by atoms with Crippen LogP contribution in [0.15, 0.2) is 30.3 Å². The Morgan fingerprint density at radius 3 is 2.10 bits per heavy atom. The summed E-state index contributed by atoms with van der Waals surface area (Å²) in [5.74, 6) is -1.31. The molecular weight excluding hydrogens is 268 g/mol. The van der Waals surface area contributed by atoms with Crippen LogP contribution in [0.1, 0.15) is 50.8 Å². The Kier molecular flexibility index (Phi) is 3.01. The highest BCUT2D eigenvalue weighted by Crippen LogP contribution is 2.40. The van der Waals surface area contributed by atoms with Gasteiger partial charge >= 0.3 is 0 Å². The smallest absolute Gasteiger partial charge is 0.198 e. The minimum Gasteiger partial charge on any atom is -0.507 e. The lowest BCUT2D eigenvalue weighted by Gasteiger charge is -2.20. The number of carbonyl (C=O) groups is 2. The topological polar surface area (TPSA) is 74.6 Å². The number of carbonyl (C=O) groups excluding carboxylic acids is 2. The van der Waals surface area contributed by atoms with Gasteiger partial charge in [-0.05, 0) is 18.1 Å². The zero-order valence-corrected chi connectivity index (χ0v) is 11.5. The summed E-state index contributed by atoms with van der Waals surface area (Å²) >= 11 is 0. The van der Waals surface area contributed by atoms with Gasteiger partial charge in [0.2, 0.25) is 0 Å². The predicted octanol–water partition coefficient (Wildman–Crippen LogP) is 2.83. The van der Waals surface area contributed by atoms with Crippen molar-refractivity contribution >= 4 is 11.6 Å². The van der Waals surface area contributed by atoms with E-state index >= 15 is 0 Å². The zero-order chi connectivity index (χ0) is 15.1.